The van der Waals surface area contributed by atoms with Crippen LogP contribution in [0.15, 0.2) is 53.6 Å². The predicted molar refractivity (Wildman–Crippen MR) is 107 cm³/mol. The van der Waals surface area contributed by atoms with E-state index >= 15 is 0 Å². The number of H-pyrrole nitrogens is 1. The minimum atomic E-state index is -3.67. The van der Waals surface area contributed by atoms with Crippen molar-refractivity contribution in [3.63, 3.8) is 0 Å². The summed E-state index contributed by atoms with van der Waals surface area (Å²) in [6, 6.07) is 12.6. The maximum absolute atomic E-state index is 11.3. The van der Waals surface area contributed by atoms with Crippen molar-refractivity contribution in [1.82, 2.24) is 4.98 Å². The summed E-state index contributed by atoms with van der Waals surface area (Å²) in [6.07, 6.45) is 6.74. The Morgan fingerprint density at radius 1 is 1.08 bits per heavy atom. The third kappa shape index (κ3) is 4.22. The maximum Gasteiger partial charge on any atom is 0.238 e. The highest BCUT2D eigenvalue weighted by atomic mass is 32.2. The lowest BCUT2D eigenvalue weighted by Gasteiger charge is -2.17. The number of primary sulfonamides is 1. The van der Waals surface area contributed by atoms with Gasteiger partial charge in [0.15, 0.2) is 0 Å². The van der Waals surface area contributed by atoms with E-state index in [1.54, 1.807) is 12.1 Å². The highest BCUT2D eigenvalue weighted by molar-refractivity contribution is 7.89. The first-order valence-electron chi connectivity index (χ1n) is 8.32. The molecule has 0 aliphatic rings. The Kier molecular flexibility index (Phi) is 4.75. The largest absolute Gasteiger partial charge is 0.360 e. The van der Waals surface area contributed by atoms with Crippen LogP contribution in [0.5, 0.6) is 0 Å². The molecule has 0 fully saturated rings. The second kappa shape index (κ2) is 6.72. The predicted octanol–water partition coefficient (Wildman–Crippen LogP) is 3.27. The minimum Gasteiger partial charge on any atom is -0.360 e. The Bertz CT molecular complexity index is 1060. The molecule has 0 radical (unpaired) electrons. The quantitative estimate of drug-likeness (QED) is 0.602. The number of hydrogen-bond donors (Lipinski definition) is 3. The molecule has 26 heavy (non-hydrogen) atoms. The molecule has 0 saturated carbocycles. The van der Waals surface area contributed by atoms with Gasteiger partial charge >= 0.3 is 0 Å². The van der Waals surface area contributed by atoms with Crippen molar-refractivity contribution in [2.75, 3.05) is 0 Å². The van der Waals surface area contributed by atoms with Crippen molar-refractivity contribution >= 4 is 33.1 Å². The van der Waals surface area contributed by atoms with Crippen LogP contribution < -0.4 is 10.9 Å². The number of benzene rings is 2. The summed E-state index contributed by atoms with van der Waals surface area (Å²) in [4.78, 5) is 3.45. The Labute approximate surface area is 153 Å². The van der Waals surface area contributed by atoms with Gasteiger partial charge in [0.1, 0.15) is 0 Å². The number of aromatic amines is 1. The number of sulfonamides is 1. The van der Waals surface area contributed by atoms with Gasteiger partial charge in [-0.2, -0.15) is 0 Å². The SMILES string of the molecule is CC(C)(N)Cc1c[nH]c2c(C=Cc3ccc(S(N)(=O)=O)cc3)cccc12. The molecule has 3 aromatic rings. The number of hydrogen-bond acceptors (Lipinski definition) is 3. The normalized spacial score (nSPS) is 12.9. The van der Waals surface area contributed by atoms with Crippen LogP contribution in [0.1, 0.15) is 30.5 Å². The summed E-state index contributed by atoms with van der Waals surface area (Å²) in [5.41, 5.74) is 10.1. The van der Waals surface area contributed by atoms with Crippen LogP contribution in [-0.4, -0.2) is 18.9 Å². The zero-order valence-corrected chi connectivity index (χ0v) is 15.7. The van der Waals surface area contributed by atoms with E-state index in [2.05, 4.69) is 11.1 Å². The van der Waals surface area contributed by atoms with Gasteiger partial charge in [0.2, 0.25) is 10.0 Å². The van der Waals surface area contributed by atoms with Gasteiger partial charge in [-0.1, -0.05) is 42.5 Å². The maximum atomic E-state index is 11.3. The van der Waals surface area contributed by atoms with Gasteiger partial charge in [-0.15, -0.1) is 0 Å². The third-order valence-corrected chi connectivity index (χ3v) is 5.07. The smallest absolute Gasteiger partial charge is 0.238 e. The van der Waals surface area contributed by atoms with E-state index in [0.29, 0.717) is 0 Å². The lowest BCUT2D eigenvalue weighted by molar-refractivity contribution is 0.518. The summed E-state index contributed by atoms with van der Waals surface area (Å²) >= 11 is 0. The van der Waals surface area contributed by atoms with Gasteiger partial charge in [0, 0.05) is 17.1 Å². The molecular weight excluding hydrogens is 346 g/mol. The third-order valence-electron chi connectivity index (χ3n) is 4.14. The van der Waals surface area contributed by atoms with E-state index in [1.165, 1.54) is 17.7 Å². The molecule has 0 spiro atoms. The van der Waals surface area contributed by atoms with Crippen LogP contribution in [0.2, 0.25) is 0 Å². The van der Waals surface area contributed by atoms with Gasteiger partial charge in [-0.25, -0.2) is 13.6 Å². The van der Waals surface area contributed by atoms with Gasteiger partial charge < -0.3 is 10.7 Å². The van der Waals surface area contributed by atoms with Gasteiger partial charge in [-0.05, 0) is 49.1 Å². The van der Waals surface area contributed by atoms with E-state index in [1.807, 2.05) is 44.3 Å². The molecular formula is C20H23N3O2S. The van der Waals surface area contributed by atoms with E-state index < -0.39 is 10.0 Å². The lowest BCUT2D eigenvalue weighted by Crippen LogP contribution is -2.34. The van der Waals surface area contributed by atoms with Crippen molar-refractivity contribution in [3.05, 3.63) is 65.4 Å². The molecule has 136 valence electrons. The average molecular weight is 369 g/mol. The Hall–Kier alpha value is -2.41. The fourth-order valence-corrected chi connectivity index (χ4v) is 3.48. The molecule has 6 heteroatoms. The first-order valence-corrected chi connectivity index (χ1v) is 9.87. The molecule has 3 rings (SSSR count). The van der Waals surface area contributed by atoms with Crippen LogP contribution in [-0.2, 0) is 16.4 Å². The summed E-state index contributed by atoms with van der Waals surface area (Å²) in [6.45, 7) is 4.03. The van der Waals surface area contributed by atoms with Crippen LogP contribution in [0.4, 0.5) is 0 Å². The molecule has 0 unspecified atom stereocenters. The van der Waals surface area contributed by atoms with E-state index in [4.69, 9.17) is 10.9 Å². The van der Waals surface area contributed by atoms with Gasteiger partial charge in [0.05, 0.1) is 10.4 Å². The van der Waals surface area contributed by atoms with E-state index in [9.17, 15) is 8.42 Å². The van der Waals surface area contributed by atoms with Crippen molar-refractivity contribution in [1.29, 1.82) is 0 Å². The first kappa shape index (κ1) is 18.4. The van der Waals surface area contributed by atoms with Gasteiger partial charge in [0.25, 0.3) is 0 Å². The Balaban J connectivity index is 1.90. The zero-order chi connectivity index (χ0) is 18.9. The van der Waals surface area contributed by atoms with Crippen molar-refractivity contribution < 1.29 is 8.42 Å². The molecule has 2 aromatic carbocycles. The second-order valence-corrected chi connectivity index (χ2v) is 8.76. The number of rotatable bonds is 5. The fraction of sp³-hybridized carbons (Fsp3) is 0.200. The standard InChI is InChI=1S/C20H23N3O2S/c1-20(2,21)12-16-13-23-19-15(4-3-5-18(16)19)9-6-14-7-10-17(11-8-14)26(22,24)25/h3-11,13,23H,12,21H2,1-2H3,(H2,22,24,25). The van der Waals surface area contributed by atoms with Crippen molar-refractivity contribution in [2.24, 2.45) is 10.9 Å². The molecule has 5 N–H and O–H groups in total. The number of para-hydroxylation sites is 1. The molecule has 5 nitrogen and oxygen atoms in total. The highest BCUT2D eigenvalue weighted by Gasteiger charge is 2.15. The van der Waals surface area contributed by atoms with Crippen molar-refractivity contribution in [2.45, 2.75) is 30.7 Å². The van der Waals surface area contributed by atoms with Gasteiger partial charge in [-0.3, -0.25) is 0 Å². The molecule has 0 bridgehead atoms. The zero-order valence-electron chi connectivity index (χ0n) is 14.9. The molecule has 0 amide bonds. The summed E-state index contributed by atoms with van der Waals surface area (Å²) in [7, 11) is -3.67. The summed E-state index contributed by atoms with van der Waals surface area (Å²) < 4.78 is 22.6. The highest BCUT2D eigenvalue weighted by Crippen LogP contribution is 2.25. The molecule has 0 saturated heterocycles. The fourth-order valence-electron chi connectivity index (χ4n) is 2.97. The van der Waals surface area contributed by atoms with Crippen LogP contribution in [0, 0.1) is 0 Å². The van der Waals surface area contributed by atoms with Crippen LogP contribution in [0.25, 0.3) is 23.1 Å². The number of nitrogens with two attached hydrogens (primary N) is 2. The number of nitrogens with one attached hydrogen (secondary N) is 1. The Morgan fingerprint density at radius 3 is 2.38 bits per heavy atom. The number of fused-ring (bicyclic) bond motifs is 1. The summed E-state index contributed by atoms with van der Waals surface area (Å²) in [5.74, 6) is 0. The Morgan fingerprint density at radius 2 is 1.77 bits per heavy atom. The molecule has 0 aliphatic carbocycles. The lowest BCUT2D eigenvalue weighted by atomic mass is 9.95. The first-order chi connectivity index (χ1) is 12.1. The molecule has 0 aliphatic heterocycles. The average Bonchev–Trinajstić information content (AvgIpc) is 2.94. The van der Waals surface area contributed by atoms with Crippen LogP contribution >= 0.6 is 0 Å². The molecule has 0 atom stereocenters. The van der Waals surface area contributed by atoms with Crippen LogP contribution in [0.3, 0.4) is 0 Å². The monoisotopic (exact) mass is 369 g/mol. The number of aromatic nitrogens is 1. The minimum absolute atomic E-state index is 0.107. The topological polar surface area (TPSA) is 102 Å². The van der Waals surface area contributed by atoms with Crippen molar-refractivity contribution in [3.8, 4) is 0 Å². The van der Waals surface area contributed by atoms with E-state index in [0.717, 1.165) is 28.5 Å². The van der Waals surface area contributed by atoms with E-state index in [-0.39, 0.29) is 10.4 Å². The summed E-state index contributed by atoms with van der Waals surface area (Å²) in [5, 5.41) is 6.28. The second-order valence-electron chi connectivity index (χ2n) is 7.20. The molecule has 1 aromatic heterocycles. The molecule has 1 heterocycles.